The Hall–Kier alpha value is -0.150. The molecular formula is C10H7Br2ClN2O2S2. The second kappa shape index (κ2) is 5.69. The van der Waals surface area contributed by atoms with Gasteiger partial charge in [-0.1, -0.05) is 38.9 Å². The van der Waals surface area contributed by atoms with Crippen molar-refractivity contribution in [2.24, 2.45) is 0 Å². The van der Waals surface area contributed by atoms with E-state index in [0.29, 0.717) is 15.9 Å². The van der Waals surface area contributed by atoms with Crippen LogP contribution >= 0.6 is 54.8 Å². The number of sulfonamides is 1. The summed E-state index contributed by atoms with van der Waals surface area (Å²) >= 11 is 13.3. The lowest BCUT2D eigenvalue weighted by molar-refractivity contribution is 0.602. The predicted octanol–water partition coefficient (Wildman–Crippen LogP) is 4.43. The molecule has 0 unspecified atom stereocenters. The number of hydrogen-bond acceptors (Lipinski definition) is 4. The maximum absolute atomic E-state index is 12.2. The molecule has 1 aromatic carbocycles. The Bertz CT molecular complexity index is 731. The van der Waals surface area contributed by atoms with Crippen molar-refractivity contribution >= 4 is 70.5 Å². The van der Waals surface area contributed by atoms with Crippen LogP contribution in [0.4, 0.5) is 5.69 Å². The smallest absolute Gasteiger partial charge is 0.273 e. The number of benzene rings is 1. The molecule has 0 aliphatic rings. The number of hydrogen-bond donors (Lipinski definition) is 1. The molecule has 4 nitrogen and oxygen atoms in total. The first-order valence-electron chi connectivity index (χ1n) is 4.90. The minimum atomic E-state index is -3.68. The zero-order valence-corrected chi connectivity index (χ0v) is 15.0. The van der Waals surface area contributed by atoms with Crippen LogP contribution in [0.1, 0.15) is 5.69 Å². The van der Waals surface area contributed by atoms with Gasteiger partial charge in [0.05, 0.1) is 11.4 Å². The van der Waals surface area contributed by atoms with Crippen LogP contribution in [0, 0.1) is 6.92 Å². The number of anilines is 1. The lowest BCUT2D eigenvalue weighted by Gasteiger charge is -2.08. The van der Waals surface area contributed by atoms with Crippen LogP contribution in [0.2, 0.25) is 4.47 Å². The van der Waals surface area contributed by atoms with E-state index in [1.165, 1.54) is 0 Å². The van der Waals surface area contributed by atoms with Gasteiger partial charge in [0, 0.05) is 8.95 Å². The van der Waals surface area contributed by atoms with E-state index in [9.17, 15) is 8.42 Å². The fraction of sp³-hybridized carbons (Fsp3) is 0.100. The zero-order valence-electron chi connectivity index (χ0n) is 9.45. The molecule has 1 heterocycles. The first kappa shape index (κ1) is 15.2. The minimum Gasteiger partial charge on any atom is -0.278 e. The summed E-state index contributed by atoms with van der Waals surface area (Å²) in [6, 6.07) is 5.16. The molecule has 2 rings (SSSR count). The number of halogens is 3. The SMILES string of the molecule is Cc1nc(Cl)sc1S(=O)(=O)Nc1ccc(Br)cc1Br. The van der Waals surface area contributed by atoms with Crippen LogP contribution in [-0.4, -0.2) is 13.4 Å². The fourth-order valence-corrected chi connectivity index (χ4v) is 5.46. The second-order valence-corrected chi connectivity index (χ2v) is 8.80. The van der Waals surface area contributed by atoms with E-state index in [2.05, 4.69) is 41.6 Å². The van der Waals surface area contributed by atoms with Crippen LogP contribution in [-0.2, 0) is 10.0 Å². The monoisotopic (exact) mass is 444 g/mol. The third-order valence-corrected chi connectivity index (χ3v) is 6.53. The zero-order chi connectivity index (χ0) is 14.2. The standard InChI is InChI=1S/C10H7Br2ClN2O2S2/c1-5-9(18-10(13)14-5)19(16,17)15-8-3-2-6(11)4-7(8)12/h2-4,15H,1H3. The Morgan fingerprint density at radius 2 is 2.05 bits per heavy atom. The number of aryl methyl sites for hydroxylation is 1. The molecule has 0 radical (unpaired) electrons. The van der Waals surface area contributed by atoms with Gasteiger partial charge in [0.2, 0.25) is 0 Å². The van der Waals surface area contributed by atoms with E-state index < -0.39 is 10.0 Å². The molecule has 0 amide bonds. The Kier molecular flexibility index (Phi) is 4.56. The summed E-state index contributed by atoms with van der Waals surface area (Å²) in [5, 5.41) is 0. The molecule has 0 fully saturated rings. The van der Waals surface area contributed by atoms with E-state index in [0.717, 1.165) is 15.8 Å². The van der Waals surface area contributed by atoms with Gasteiger partial charge in [-0.3, -0.25) is 4.72 Å². The Morgan fingerprint density at radius 3 is 2.58 bits per heavy atom. The van der Waals surface area contributed by atoms with Crippen molar-refractivity contribution in [3.63, 3.8) is 0 Å². The highest BCUT2D eigenvalue weighted by atomic mass is 79.9. The average Bonchev–Trinajstić information content (AvgIpc) is 2.63. The molecule has 102 valence electrons. The lowest BCUT2D eigenvalue weighted by Crippen LogP contribution is -2.13. The summed E-state index contributed by atoms with van der Waals surface area (Å²) in [5.41, 5.74) is 0.836. The quantitative estimate of drug-likeness (QED) is 0.759. The van der Waals surface area contributed by atoms with Crippen LogP contribution in [0.3, 0.4) is 0 Å². The third kappa shape index (κ3) is 3.49. The van der Waals surface area contributed by atoms with Crippen LogP contribution in [0.5, 0.6) is 0 Å². The van der Waals surface area contributed by atoms with E-state index in [4.69, 9.17) is 11.6 Å². The number of nitrogens with zero attached hydrogens (tertiary/aromatic N) is 1. The second-order valence-electron chi connectivity index (χ2n) is 3.57. The minimum absolute atomic E-state index is 0.118. The van der Waals surface area contributed by atoms with Gasteiger partial charge in [0.1, 0.15) is 0 Å². The van der Waals surface area contributed by atoms with Gasteiger partial charge in [0.15, 0.2) is 8.68 Å². The van der Waals surface area contributed by atoms with E-state index in [1.54, 1.807) is 25.1 Å². The number of thiazole rings is 1. The summed E-state index contributed by atoms with van der Waals surface area (Å²) in [5.74, 6) is 0. The average molecular weight is 447 g/mol. The van der Waals surface area contributed by atoms with Gasteiger partial charge in [-0.15, -0.1) is 0 Å². The molecule has 9 heteroatoms. The molecule has 0 spiro atoms. The summed E-state index contributed by atoms with van der Waals surface area (Å²) in [6.07, 6.45) is 0. The maximum Gasteiger partial charge on any atom is 0.273 e. The first-order valence-corrected chi connectivity index (χ1v) is 9.17. The Morgan fingerprint density at radius 1 is 1.37 bits per heavy atom. The van der Waals surface area contributed by atoms with Crippen molar-refractivity contribution in [3.05, 3.63) is 37.3 Å². The van der Waals surface area contributed by atoms with Crippen molar-refractivity contribution in [2.45, 2.75) is 11.1 Å². The van der Waals surface area contributed by atoms with Gasteiger partial charge in [-0.05, 0) is 41.1 Å². The van der Waals surface area contributed by atoms with Crippen LogP contribution < -0.4 is 4.72 Å². The molecule has 0 saturated heterocycles. The third-order valence-electron chi connectivity index (χ3n) is 2.15. The van der Waals surface area contributed by atoms with E-state index in [1.807, 2.05) is 0 Å². The molecule has 0 bridgehead atoms. The van der Waals surface area contributed by atoms with Crippen LogP contribution in [0.15, 0.2) is 31.4 Å². The van der Waals surface area contributed by atoms with Crippen molar-refractivity contribution in [1.29, 1.82) is 0 Å². The Labute approximate surface area is 136 Å². The van der Waals surface area contributed by atoms with Gasteiger partial charge >= 0.3 is 0 Å². The molecule has 0 aliphatic carbocycles. The largest absolute Gasteiger partial charge is 0.278 e. The predicted molar refractivity (Wildman–Crippen MR) is 84.5 cm³/mol. The molecule has 2 aromatic rings. The number of aromatic nitrogens is 1. The highest BCUT2D eigenvalue weighted by Crippen LogP contribution is 2.31. The molecule has 1 N–H and O–H groups in total. The van der Waals surface area contributed by atoms with E-state index in [-0.39, 0.29) is 8.68 Å². The topological polar surface area (TPSA) is 59.1 Å². The summed E-state index contributed by atoms with van der Waals surface area (Å²) < 4.78 is 28.8. The Balaban J connectivity index is 2.39. The van der Waals surface area contributed by atoms with Crippen LogP contribution in [0.25, 0.3) is 0 Å². The lowest BCUT2D eigenvalue weighted by atomic mass is 10.3. The molecule has 0 atom stereocenters. The number of nitrogens with one attached hydrogen (secondary N) is 1. The molecule has 1 aromatic heterocycles. The van der Waals surface area contributed by atoms with Crippen molar-refractivity contribution in [3.8, 4) is 0 Å². The van der Waals surface area contributed by atoms with Gasteiger partial charge < -0.3 is 0 Å². The van der Waals surface area contributed by atoms with Crippen molar-refractivity contribution in [2.75, 3.05) is 4.72 Å². The molecular weight excluding hydrogens is 440 g/mol. The highest BCUT2D eigenvalue weighted by Gasteiger charge is 2.22. The van der Waals surface area contributed by atoms with E-state index >= 15 is 0 Å². The summed E-state index contributed by atoms with van der Waals surface area (Å²) in [7, 11) is -3.68. The molecule has 19 heavy (non-hydrogen) atoms. The number of rotatable bonds is 3. The fourth-order valence-electron chi connectivity index (χ4n) is 1.36. The summed E-state index contributed by atoms with van der Waals surface area (Å²) in [4.78, 5) is 3.90. The molecule has 0 aliphatic heterocycles. The van der Waals surface area contributed by atoms with Crippen molar-refractivity contribution in [1.82, 2.24) is 4.98 Å². The van der Waals surface area contributed by atoms with Gasteiger partial charge in [-0.25, -0.2) is 13.4 Å². The first-order chi connectivity index (χ1) is 8.79. The highest BCUT2D eigenvalue weighted by molar-refractivity contribution is 9.11. The van der Waals surface area contributed by atoms with Gasteiger partial charge in [0.25, 0.3) is 10.0 Å². The summed E-state index contributed by atoms with van der Waals surface area (Å²) in [6.45, 7) is 1.60. The van der Waals surface area contributed by atoms with Crippen molar-refractivity contribution < 1.29 is 8.42 Å². The normalized spacial score (nSPS) is 11.6. The molecule has 0 saturated carbocycles. The van der Waals surface area contributed by atoms with Gasteiger partial charge in [-0.2, -0.15) is 0 Å². The maximum atomic E-state index is 12.2.